The maximum atomic E-state index is 10.6. The van der Waals surface area contributed by atoms with Gasteiger partial charge in [-0.05, 0) is 42.5 Å². The number of hydrogen-bond donors (Lipinski definition) is 3. The van der Waals surface area contributed by atoms with Gasteiger partial charge in [-0.25, -0.2) is 14.4 Å². The Morgan fingerprint density at radius 3 is 1.47 bits per heavy atom. The number of carbonyl (C=O) groups is 3. The molecule has 43 heavy (non-hydrogen) atoms. The van der Waals surface area contributed by atoms with Gasteiger partial charge >= 0.3 is 36.4 Å². The summed E-state index contributed by atoms with van der Waals surface area (Å²) in [5, 5.41) is 21.4. The van der Waals surface area contributed by atoms with E-state index < -0.39 is 36.4 Å². The highest BCUT2D eigenvalue weighted by Gasteiger charge is 2.41. The molecule has 0 spiro atoms. The Kier molecular flexibility index (Phi) is 13.4. The second kappa shape index (κ2) is 15.6. The van der Waals surface area contributed by atoms with Gasteiger partial charge in [-0.15, -0.1) is 0 Å². The molecule has 4 rings (SSSR count). The highest BCUT2D eigenvalue weighted by atomic mass is 19.4. The smallest absolute Gasteiger partial charge is 0.475 e. The lowest BCUT2D eigenvalue weighted by atomic mass is 10.0. The topological polar surface area (TPSA) is 144 Å². The monoisotopic (exact) mass is 639 g/mol. The molecule has 0 radical (unpaired) electrons. The molecule has 4 heterocycles. The minimum absolute atomic E-state index is 0.813. The van der Waals surface area contributed by atoms with E-state index >= 15 is 0 Å². The van der Waals surface area contributed by atoms with Crippen LogP contribution < -0.4 is 0 Å². The van der Waals surface area contributed by atoms with Crippen molar-refractivity contribution in [2.75, 3.05) is 26.2 Å². The number of hydrogen-bond acceptors (Lipinski definition) is 7. The third-order valence-corrected chi connectivity index (χ3v) is 5.67. The molecule has 10 nitrogen and oxygen atoms in total. The Hall–Kier alpha value is -3.87. The summed E-state index contributed by atoms with van der Waals surface area (Å²) in [6.45, 7) is 8.85. The number of aromatic nitrogens is 1. The molecule has 2 aliphatic heterocycles. The van der Waals surface area contributed by atoms with E-state index in [1.807, 2.05) is 25.4 Å². The Labute approximate surface area is 237 Å². The zero-order valence-electron chi connectivity index (χ0n) is 22.1. The van der Waals surface area contributed by atoms with E-state index in [1.54, 1.807) is 0 Å². The number of carboxylic acids is 3. The molecular weight excluding hydrogens is 613 g/mol. The average Bonchev–Trinajstić information content (AvgIpc) is 3.54. The molecule has 2 saturated heterocycles. The molecule has 0 amide bonds. The Morgan fingerprint density at radius 2 is 1.16 bits per heavy atom. The SMILES string of the molecule is Cc1ccc(CN2CC3CN(Cc4cccnc4)CC3C2)o1.O=C(O)C(F)(F)F.O=C(O)C(F)(F)F.O=C(O)C(F)(F)F. The fourth-order valence-corrected chi connectivity index (χ4v) is 3.99. The normalized spacial score (nSPS) is 18.7. The van der Waals surface area contributed by atoms with Gasteiger partial charge in [-0.3, -0.25) is 14.8 Å². The second-order valence-electron chi connectivity index (χ2n) is 9.19. The molecule has 3 N–H and O–H groups in total. The van der Waals surface area contributed by atoms with Gasteiger partial charge in [-0.2, -0.15) is 39.5 Å². The van der Waals surface area contributed by atoms with Crippen LogP contribution in [0, 0.1) is 18.8 Å². The zero-order valence-corrected chi connectivity index (χ0v) is 22.1. The Bertz CT molecular complexity index is 1110. The van der Waals surface area contributed by atoms with Crippen LogP contribution in [0.4, 0.5) is 39.5 Å². The molecule has 2 aromatic rings. The summed E-state index contributed by atoms with van der Waals surface area (Å²) in [5.41, 5.74) is 1.32. The van der Waals surface area contributed by atoms with Crippen LogP contribution in [0.1, 0.15) is 17.1 Å². The molecule has 2 atom stereocenters. The van der Waals surface area contributed by atoms with Crippen molar-refractivity contribution in [3.63, 3.8) is 0 Å². The van der Waals surface area contributed by atoms with E-state index in [0.717, 1.165) is 36.4 Å². The zero-order chi connectivity index (χ0) is 33.2. The Balaban J connectivity index is 0.000000363. The molecule has 2 aliphatic rings. The molecule has 2 aromatic heterocycles. The van der Waals surface area contributed by atoms with Crippen molar-refractivity contribution >= 4 is 17.9 Å². The minimum atomic E-state index is -5.08. The fraction of sp³-hybridized carbons (Fsp3) is 0.500. The molecule has 2 unspecified atom stereocenters. The first kappa shape index (κ1) is 37.2. The van der Waals surface area contributed by atoms with E-state index in [1.165, 1.54) is 31.7 Å². The van der Waals surface area contributed by atoms with Crippen molar-refractivity contribution < 1.29 is 73.6 Å². The van der Waals surface area contributed by atoms with Crippen molar-refractivity contribution in [3.8, 4) is 0 Å². The van der Waals surface area contributed by atoms with Crippen molar-refractivity contribution in [2.45, 2.75) is 38.5 Å². The summed E-state index contributed by atoms with van der Waals surface area (Å²) in [7, 11) is 0. The van der Waals surface area contributed by atoms with Crippen molar-refractivity contribution in [1.29, 1.82) is 0 Å². The summed E-state index contributed by atoms with van der Waals surface area (Å²) in [6.07, 6.45) is -11.4. The standard InChI is InChI=1S/C18H23N3O.3C2HF3O2/c1-14-4-5-18(22-14)13-21-11-16-9-20(10-17(16)12-21)8-15-3-2-6-19-7-15;3*3-2(4,5)1(6)7/h2-7,16-17H,8-13H2,1H3;3*(H,6,7). The van der Waals surface area contributed by atoms with Crippen LogP contribution in [0.3, 0.4) is 0 Å². The van der Waals surface area contributed by atoms with E-state index in [0.29, 0.717) is 0 Å². The number of halogens is 9. The number of aliphatic carboxylic acids is 3. The number of pyridine rings is 1. The summed E-state index contributed by atoms with van der Waals surface area (Å²) >= 11 is 0. The number of fused-ring (bicyclic) bond motifs is 1. The minimum Gasteiger partial charge on any atom is -0.475 e. The van der Waals surface area contributed by atoms with Crippen LogP contribution in [0.15, 0.2) is 41.1 Å². The molecule has 2 fully saturated rings. The first-order valence-electron chi connectivity index (χ1n) is 11.9. The van der Waals surface area contributed by atoms with Crippen LogP contribution >= 0.6 is 0 Å². The molecule has 242 valence electrons. The number of likely N-dealkylation sites (tertiary alicyclic amines) is 2. The molecule has 0 saturated carbocycles. The van der Waals surface area contributed by atoms with Crippen LogP contribution in [-0.4, -0.2) is 92.7 Å². The van der Waals surface area contributed by atoms with Gasteiger partial charge in [0.15, 0.2) is 0 Å². The van der Waals surface area contributed by atoms with E-state index in [-0.39, 0.29) is 0 Å². The largest absolute Gasteiger partial charge is 0.490 e. The van der Waals surface area contributed by atoms with Crippen molar-refractivity contribution in [3.05, 3.63) is 53.7 Å². The first-order chi connectivity index (χ1) is 19.6. The summed E-state index contributed by atoms with van der Waals surface area (Å²) in [5.74, 6) is -4.53. The van der Waals surface area contributed by atoms with E-state index in [4.69, 9.17) is 34.1 Å². The average molecular weight is 639 g/mol. The number of rotatable bonds is 4. The third-order valence-electron chi connectivity index (χ3n) is 5.67. The van der Waals surface area contributed by atoms with Gasteiger partial charge in [0.25, 0.3) is 0 Å². The number of alkyl halides is 9. The van der Waals surface area contributed by atoms with Gasteiger partial charge < -0.3 is 19.7 Å². The van der Waals surface area contributed by atoms with Crippen LogP contribution in [0.2, 0.25) is 0 Å². The number of carboxylic acid groups (broad SMARTS) is 3. The highest BCUT2D eigenvalue weighted by molar-refractivity contribution is 5.73. The lowest BCUT2D eigenvalue weighted by Gasteiger charge is -2.20. The molecule has 19 heteroatoms. The van der Waals surface area contributed by atoms with Gasteiger partial charge in [0, 0.05) is 45.1 Å². The third kappa shape index (κ3) is 14.2. The van der Waals surface area contributed by atoms with Gasteiger partial charge in [0.1, 0.15) is 11.5 Å². The van der Waals surface area contributed by atoms with E-state index in [9.17, 15) is 39.5 Å². The molecule has 0 aliphatic carbocycles. The van der Waals surface area contributed by atoms with Crippen molar-refractivity contribution in [2.24, 2.45) is 11.8 Å². The summed E-state index contributed by atoms with van der Waals surface area (Å²) < 4.78 is 101. The van der Waals surface area contributed by atoms with Crippen LogP contribution in [0.5, 0.6) is 0 Å². The highest BCUT2D eigenvalue weighted by Crippen LogP contribution is 2.32. The number of aryl methyl sites for hydroxylation is 1. The molecular formula is C24H26F9N3O7. The van der Waals surface area contributed by atoms with Crippen LogP contribution in [0.25, 0.3) is 0 Å². The van der Waals surface area contributed by atoms with E-state index in [2.05, 4.69) is 33.0 Å². The molecule has 0 aromatic carbocycles. The summed E-state index contributed by atoms with van der Waals surface area (Å²) in [4.78, 5) is 36.0. The molecule has 0 bridgehead atoms. The lowest BCUT2D eigenvalue weighted by molar-refractivity contribution is -0.193. The van der Waals surface area contributed by atoms with Gasteiger partial charge in [0.05, 0.1) is 6.54 Å². The fourth-order valence-electron chi connectivity index (χ4n) is 3.99. The Morgan fingerprint density at radius 1 is 0.767 bits per heavy atom. The lowest BCUT2D eigenvalue weighted by Crippen LogP contribution is -2.28. The van der Waals surface area contributed by atoms with Crippen LogP contribution in [-0.2, 0) is 27.5 Å². The van der Waals surface area contributed by atoms with Gasteiger partial charge in [-0.1, -0.05) is 6.07 Å². The first-order valence-corrected chi connectivity index (χ1v) is 11.9. The predicted molar refractivity (Wildman–Crippen MR) is 126 cm³/mol. The maximum Gasteiger partial charge on any atom is 0.490 e. The predicted octanol–water partition coefficient (Wildman–Crippen LogP) is 4.45. The second-order valence-corrected chi connectivity index (χ2v) is 9.19. The maximum absolute atomic E-state index is 10.6. The summed E-state index contributed by atoms with van der Waals surface area (Å²) in [6, 6.07) is 8.37. The van der Waals surface area contributed by atoms with Gasteiger partial charge in [0.2, 0.25) is 0 Å². The van der Waals surface area contributed by atoms with Crippen molar-refractivity contribution in [1.82, 2.24) is 14.8 Å². The number of furan rings is 1. The quantitative estimate of drug-likeness (QED) is 0.411. The number of nitrogens with zero attached hydrogens (tertiary/aromatic N) is 3.